The number of hydrogen-bond donors (Lipinski definition) is 1. The molecule has 2 aromatic rings. The van der Waals surface area contributed by atoms with E-state index in [1.807, 2.05) is 36.4 Å². The Hall–Kier alpha value is -2.17. The van der Waals surface area contributed by atoms with Crippen LogP contribution in [-0.2, 0) is 16.8 Å². The molecule has 29 heavy (non-hydrogen) atoms. The molecule has 0 aromatic heterocycles. The molecule has 3 rings (SSSR count). The highest BCUT2D eigenvalue weighted by Crippen LogP contribution is 2.20. The molecule has 5 nitrogen and oxygen atoms in total. The first kappa shape index (κ1) is 21.5. The van der Waals surface area contributed by atoms with Crippen LogP contribution >= 0.6 is 0 Å². The van der Waals surface area contributed by atoms with Gasteiger partial charge in [0.1, 0.15) is 0 Å². The Kier molecular flexibility index (Phi) is 7.45. The highest BCUT2D eigenvalue weighted by Gasteiger charge is 2.23. The van der Waals surface area contributed by atoms with Crippen molar-refractivity contribution in [3.05, 3.63) is 71.3 Å². The molecule has 154 valence electrons. The maximum absolute atomic E-state index is 12.0. The van der Waals surface area contributed by atoms with E-state index in [1.54, 1.807) is 14.1 Å². The summed E-state index contributed by atoms with van der Waals surface area (Å²) < 4.78 is 27.9. The van der Waals surface area contributed by atoms with Gasteiger partial charge in [-0.2, -0.15) is 12.7 Å². The zero-order chi connectivity index (χ0) is 20.7. The van der Waals surface area contributed by atoms with E-state index in [0.717, 1.165) is 43.6 Å². The fraction of sp³-hybridized carbons (Fsp3) is 0.391. The van der Waals surface area contributed by atoms with Gasteiger partial charge < -0.3 is 0 Å². The Morgan fingerprint density at radius 1 is 1.07 bits per heavy atom. The van der Waals surface area contributed by atoms with Crippen LogP contribution in [0.5, 0.6) is 0 Å². The van der Waals surface area contributed by atoms with E-state index in [9.17, 15) is 8.42 Å². The number of nitrogens with one attached hydrogen (secondary N) is 1. The van der Waals surface area contributed by atoms with Gasteiger partial charge in [0, 0.05) is 44.9 Å². The Bertz CT molecular complexity index is 962. The molecule has 6 heteroatoms. The molecule has 2 aromatic carbocycles. The molecule has 1 unspecified atom stereocenters. The third-order valence-electron chi connectivity index (χ3n) is 5.16. The third kappa shape index (κ3) is 6.41. The zero-order valence-electron chi connectivity index (χ0n) is 17.1. The Balaban J connectivity index is 1.64. The summed E-state index contributed by atoms with van der Waals surface area (Å²) in [5, 5.41) is 0. The fourth-order valence-corrected chi connectivity index (χ4v) is 4.20. The maximum atomic E-state index is 12.0. The molecule has 0 bridgehead atoms. The molecule has 1 fully saturated rings. The lowest BCUT2D eigenvalue weighted by molar-refractivity contribution is 0.168. The minimum Gasteiger partial charge on any atom is -0.299 e. The number of rotatable bonds is 6. The van der Waals surface area contributed by atoms with Gasteiger partial charge in [0.05, 0.1) is 0 Å². The van der Waals surface area contributed by atoms with E-state index >= 15 is 0 Å². The lowest BCUT2D eigenvalue weighted by Crippen LogP contribution is -2.43. The summed E-state index contributed by atoms with van der Waals surface area (Å²) in [7, 11) is -0.279. The molecule has 0 spiro atoms. The summed E-state index contributed by atoms with van der Waals surface area (Å²) in [4.78, 5) is 2.40. The Morgan fingerprint density at radius 3 is 2.55 bits per heavy atom. The van der Waals surface area contributed by atoms with Gasteiger partial charge in [-0.05, 0) is 49.1 Å². The van der Waals surface area contributed by atoms with Crippen molar-refractivity contribution in [2.24, 2.45) is 5.92 Å². The summed E-state index contributed by atoms with van der Waals surface area (Å²) in [6.45, 7) is 3.22. The topological polar surface area (TPSA) is 52.7 Å². The molecule has 0 amide bonds. The van der Waals surface area contributed by atoms with Gasteiger partial charge in [-0.1, -0.05) is 48.2 Å². The molecule has 1 heterocycles. The predicted molar refractivity (Wildman–Crippen MR) is 117 cm³/mol. The van der Waals surface area contributed by atoms with E-state index in [1.165, 1.54) is 9.87 Å². The van der Waals surface area contributed by atoms with Crippen LogP contribution in [0.2, 0.25) is 0 Å². The van der Waals surface area contributed by atoms with Gasteiger partial charge in [0.2, 0.25) is 0 Å². The molecule has 0 aliphatic carbocycles. The summed E-state index contributed by atoms with van der Waals surface area (Å²) in [5.41, 5.74) is 3.27. The second kappa shape index (κ2) is 10.0. The van der Waals surface area contributed by atoms with Crippen molar-refractivity contribution in [1.29, 1.82) is 0 Å². The standard InChI is InChI=1S/C23H29N3O2S/c1-25(2)29(27,28)24-17-21-11-8-16-26(18-21)19-23-13-7-6-12-22(23)15-14-20-9-4-3-5-10-20/h3-7,9-10,12-13,21,24H,8,11,16-19H2,1-2H3. The quantitative estimate of drug-likeness (QED) is 0.744. The van der Waals surface area contributed by atoms with Crippen molar-refractivity contribution in [2.45, 2.75) is 19.4 Å². The SMILES string of the molecule is CN(C)S(=O)(=O)NCC1CCCN(Cc2ccccc2C#Cc2ccccc2)C1. The summed E-state index contributed by atoms with van der Waals surface area (Å²) in [6.07, 6.45) is 2.12. The van der Waals surface area contributed by atoms with Crippen LogP contribution in [0.25, 0.3) is 0 Å². The van der Waals surface area contributed by atoms with Crippen LogP contribution in [0.4, 0.5) is 0 Å². The molecule has 1 aliphatic rings. The zero-order valence-corrected chi connectivity index (χ0v) is 18.0. The minimum absolute atomic E-state index is 0.320. The lowest BCUT2D eigenvalue weighted by Gasteiger charge is -2.33. The highest BCUT2D eigenvalue weighted by molar-refractivity contribution is 7.87. The average molecular weight is 412 g/mol. The van der Waals surface area contributed by atoms with E-state index in [-0.39, 0.29) is 0 Å². The Morgan fingerprint density at radius 2 is 1.79 bits per heavy atom. The molecule has 1 aliphatic heterocycles. The molecule has 0 saturated carbocycles. The van der Waals surface area contributed by atoms with Crippen LogP contribution in [0, 0.1) is 17.8 Å². The third-order valence-corrected chi connectivity index (χ3v) is 6.66. The van der Waals surface area contributed by atoms with Gasteiger partial charge in [-0.25, -0.2) is 4.72 Å². The average Bonchev–Trinajstić information content (AvgIpc) is 2.73. The van der Waals surface area contributed by atoms with Crippen LogP contribution in [-0.4, -0.2) is 51.4 Å². The van der Waals surface area contributed by atoms with Gasteiger partial charge >= 0.3 is 0 Å². The van der Waals surface area contributed by atoms with Crippen molar-refractivity contribution >= 4 is 10.2 Å². The number of benzene rings is 2. The smallest absolute Gasteiger partial charge is 0.278 e. The predicted octanol–water partition coefficient (Wildman–Crippen LogP) is 2.69. The molecular formula is C23H29N3O2S. The number of likely N-dealkylation sites (tertiary alicyclic amines) is 1. The summed E-state index contributed by atoms with van der Waals surface area (Å²) in [5.74, 6) is 6.88. The normalized spacial score (nSPS) is 17.7. The largest absolute Gasteiger partial charge is 0.299 e. The molecule has 1 atom stereocenters. The van der Waals surface area contributed by atoms with Crippen LogP contribution in [0.3, 0.4) is 0 Å². The number of piperidine rings is 1. The monoisotopic (exact) mass is 411 g/mol. The summed E-state index contributed by atoms with van der Waals surface area (Å²) in [6, 6.07) is 18.3. The van der Waals surface area contributed by atoms with Crippen LogP contribution in [0.1, 0.15) is 29.5 Å². The minimum atomic E-state index is -3.37. The second-order valence-electron chi connectivity index (χ2n) is 7.65. The van der Waals surface area contributed by atoms with Crippen molar-refractivity contribution in [3.63, 3.8) is 0 Å². The Labute approximate surface area is 174 Å². The first-order chi connectivity index (χ1) is 13.9. The number of hydrogen-bond acceptors (Lipinski definition) is 3. The van der Waals surface area contributed by atoms with E-state index in [4.69, 9.17) is 0 Å². The van der Waals surface area contributed by atoms with Crippen LogP contribution < -0.4 is 4.72 Å². The highest BCUT2D eigenvalue weighted by atomic mass is 32.2. The number of nitrogens with zero attached hydrogens (tertiary/aromatic N) is 2. The first-order valence-corrected chi connectivity index (χ1v) is 11.4. The molecule has 0 radical (unpaired) electrons. The van der Waals surface area contributed by atoms with E-state index in [0.29, 0.717) is 12.5 Å². The molecule has 1 N–H and O–H groups in total. The van der Waals surface area contributed by atoms with E-state index < -0.39 is 10.2 Å². The van der Waals surface area contributed by atoms with Gasteiger partial charge in [0.25, 0.3) is 10.2 Å². The van der Waals surface area contributed by atoms with E-state index in [2.05, 4.69) is 39.7 Å². The van der Waals surface area contributed by atoms with Gasteiger partial charge in [-0.3, -0.25) is 4.90 Å². The van der Waals surface area contributed by atoms with Crippen molar-refractivity contribution in [3.8, 4) is 11.8 Å². The van der Waals surface area contributed by atoms with Gasteiger partial charge in [-0.15, -0.1) is 0 Å². The van der Waals surface area contributed by atoms with Crippen molar-refractivity contribution in [1.82, 2.24) is 13.9 Å². The van der Waals surface area contributed by atoms with Crippen molar-refractivity contribution in [2.75, 3.05) is 33.7 Å². The fourth-order valence-electron chi connectivity index (χ4n) is 3.50. The van der Waals surface area contributed by atoms with Gasteiger partial charge in [0.15, 0.2) is 0 Å². The maximum Gasteiger partial charge on any atom is 0.278 e. The van der Waals surface area contributed by atoms with Crippen LogP contribution in [0.15, 0.2) is 54.6 Å². The second-order valence-corrected chi connectivity index (χ2v) is 9.62. The molecular weight excluding hydrogens is 382 g/mol. The summed E-state index contributed by atoms with van der Waals surface area (Å²) >= 11 is 0. The van der Waals surface area contributed by atoms with Crippen molar-refractivity contribution < 1.29 is 8.42 Å². The molecule has 1 saturated heterocycles. The lowest BCUT2D eigenvalue weighted by atomic mass is 9.97. The first-order valence-electron chi connectivity index (χ1n) is 9.98.